The van der Waals surface area contributed by atoms with Gasteiger partial charge in [-0.2, -0.15) is 5.10 Å². The van der Waals surface area contributed by atoms with Crippen LogP contribution in [0.1, 0.15) is 46.1 Å². The number of hydrogen-bond acceptors (Lipinski definition) is 4. The van der Waals surface area contributed by atoms with Crippen molar-refractivity contribution in [2.75, 3.05) is 6.61 Å². The van der Waals surface area contributed by atoms with E-state index in [4.69, 9.17) is 0 Å². The zero-order valence-corrected chi connectivity index (χ0v) is 18.9. The number of benzene rings is 2. The number of nitrogens with zero attached hydrogens (tertiary/aromatic N) is 4. The number of aryl methyl sites for hydroxylation is 2. The molecular weight excluding hydrogens is 464 g/mol. The van der Waals surface area contributed by atoms with Crippen molar-refractivity contribution >= 4 is 0 Å². The molecule has 182 valence electrons. The lowest BCUT2D eigenvalue weighted by atomic mass is 10.0. The van der Waals surface area contributed by atoms with E-state index in [0.29, 0.717) is 16.3 Å². The highest BCUT2D eigenvalue weighted by atomic mass is 19.3. The van der Waals surface area contributed by atoms with Crippen molar-refractivity contribution in [3.63, 3.8) is 0 Å². The Bertz CT molecular complexity index is 1410. The molecule has 2 aromatic carbocycles. The van der Waals surface area contributed by atoms with Gasteiger partial charge in [0.05, 0.1) is 18.6 Å². The molecule has 4 rings (SSSR count). The second kappa shape index (κ2) is 9.83. The van der Waals surface area contributed by atoms with Gasteiger partial charge in [-0.25, -0.2) is 27.2 Å². The van der Waals surface area contributed by atoms with Crippen molar-refractivity contribution in [2.45, 2.75) is 32.7 Å². The van der Waals surface area contributed by atoms with Crippen LogP contribution in [0.4, 0.5) is 17.6 Å². The number of aliphatic hydroxyl groups is 1. The molecule has 0 aliphatic carbocycles. The molecule has 4 aromatic rings. The topological polar surface area (TPSA) is 72.9 Å². The summed E-state index contributed by atoms with van der Waals surface area (Å²) in [5.41, 5.74) is 1.78. The molecule has 0 aliphatic rings. The van der Waals surface area contributed by atoms with E-state index in [1.807, 2.05) is 36.7 Å². The average Bonchev–Trinajstić information content (AvgIpc) is 3.21. The molecule has 0 saturated carbocycles. The third-order valence-corrected chi connectivity index (χ3v) is 5.64. The first kappa shape index (κ1) is 24.3. The van der Waals surface area contributed by atoms with Crippen LogP contribution in [0.15, 0.2) is 59.8 Å². The summed E-state index contributed by atoms with van der Waals surface area (Å²) in [7, 11) is 0. The predicted molar refractivity (Wildman–Crippen MR) is 121 cm³/mol. The molecule has 6 nitrogen and oxygen atoms in total. The smallest absolute Gasteiger partial charge is 0.282 e. The molecule has 0 aliphatic heterocycles. The van der Waals surface area contributed by atoms with Crippen molar-refractivity contribution in [3.05, 3.63) is 111 Å². The Hall–Kier alpha value is -3.79. The molecule has 0 bridgehead atoms. The second-order valence-corrected chi connectivity index (χ2v) is 8.27. The molecule has 1 N–H and O–H groups in total. The van der Waals surface area contributed by atoms with Gasteiger partial charge in [-0.3, -0.25) is 4.79 Å². The average molecular weight is 486 g/mol. The van der Waals surface area contributed by atoms with E-state index < -0.39 is 42.0 Å². The highest BCUT2D eigenvalue weighted by Gasteiger charge is 2.23. The second-order valence-electron chi connectivity index (χ2n) is 8.27. The summed E-state index contributed by atoms with van der Waals surface area (Å²) in [4.78, 5) is 17.4. The van der Waals surface area contributed by atoms with Crippen molar-refractivity contribution in [3.8, 4) is 5.69 Å². The van der Waals surface area contributed by atoms with E-state index in [1.54, 1.807) is 12.4 Å². The van der Waals surface area contributed by atoms with Gasteiger partial charge in [0.15, 0.2) is 0 Å². The number of halogens is 4. The van der Waals surface area contributed by atoms with Crippen LogP contribution in [0.5, 0.6) is 0 Å². The quantitative estimate of drug-likeness (QED) is 0.392. The normalized spacial score (nSPS) is 12.3. The molecule has 1 atom stereocenters. The maximum absolute atomic E-state index is 13.8. The summed E-state index contributed by atoms with van der Waals surface area (Å²) < 4.78 is 57.3. The number of rotatable bonds is 7. The molecule has 0 amide bonds. The van der Waals surface area contributed by atoms with Gasteiger partial charge in [0.2, 0.25) is 0 Å². The zero-order chi connectivity index (χ0) is 25.3. The van der Waals surface area contributed by atoms with E-state index >= 15 is 0 Å². The van der Waals surface area contributed by atoms with Crippen LogP contribution < -0.4 is 5.56 Å². The Morgan fingerprint density at radius 1 is 1.03 bits per heavy atom. The summed E-state index contributed by atoms with van der Waals surface area (Å²) in [5, 5.41) is 13.6. The minimum Gasteiger partial charge on any atom is -0.394 e. The van der Waals surface area contributed by atoms with Gasteiger partial charge in [-0.05, 0) is 54.8 Å². The van der Waals surface area contributed by atoms with Crippen molar-refractivity contribution < 1.29 is 22.7 Å². The van der Waals surface area contributed by atoms with Gasteiger partial charge >= 0.3 is 0 Å². The summed E-state index contributed by atoms with van der Waals surface area (Å²) in [5.74, 6) is -1.86. The number of imidazole rings is 1. The molecule has 10 heteroatoms. The maximum atomic E-state index is 13.8. The zero-order valence-electron chi connectivity index (χ0n) is 18.9. The largest absolute Gasteiger partial charge is 0.394 e. The molecule has 0 saturated heterocycles. The highest BCUT2D eigenvalue weighted by molar-refractivity contribution is 5.44. The molecule has 0 radical (unpaired) electrons. The van der Waals surface area contributed by atoms with Crippen LogP contribution in [0.3, 0.4) is 0 Å². The Kier molecular flexibility index (Phi) is 6.83. The number of hydrogen-bond donors (Lipinski definition) is 1. The third-order valence-electron chi connectivity index (χ3n) is 5.64. The SMILES string of the molecule is Cc1cn(-c2ccc(Cc3cc(C(F)F)nn([C@@H](CO)c4cc(F)cc(F)c4)c3=O)cc2C)cn1. The predicted octanol–water partition coefficient (Wildman–Crippen LogP) is 4.43. The van der Waals surface area contributed by atoms with E-state index in [1.165, 1.54) is 0 Å². The fourth-order valence-electron chi connectivity index (χ4n) is 4.01. The van der Waals surface area contributed by atoms with Gasteiger partial charge in [0, 0.05) is 29.9 Å². The Morgan fingerprint density at radius 2 is 1.74 bits per heavy atom. The molecule has 35 heavy (non-hydrogen) atoms. The third kappa shape index (κ3) is 5.17. The van der Waals surface area contributed by atoms with Crippen LogP contribution in [0.2, 0.25) is 0 Å². The number of aliphatic hydroxyl groups excluding tert-OH is 1. The lowest BCUT2D eigenvalue weighted by molar-refractivity contribution is 0.140. The highest BCUT2D eigenvalue weighted by Crippen LogP contribution is 2.23. The van der Waals surface area contributed by atoms with Gasteiger partial charge < -0.3 is 9.67 Å². The minimum atomic E-state index is -3.00. The minimum absolute atomic E-state index is 0.0104. The van der Waals surface area contributed by atoms with Gasteiger partial charge in [-0.1, -0.05) is 12.1 Å². The van der Waals surface area contributed by atoms with Gasteiger partial charge in [0.25, 0.3) is 12.0 Å². The fraction of sp³-hybridized carbons (Fsp3) is 0.240. The standard InChI is InChI=1S/C25H22F4N4O2/c1-14-5-16(3-4-22(14)32-11-15(2)30-13-32)6-18-9-21(24(28)29)31-33(25(18)35)23(12-34)17-7-19(26)10-20(27)8-17/h3-5,7-11,13,23-24,34H,6,12H2,1-2H3/t23-/m0/s1. The van der Waals surface area contributed by atoms with Crippen molar-refractivity contribution in [1.82, 2.24) is 19.3 Å². The molecular formula is C25H22F4N4O2. The number of aromatic nitrogens is 4. The first-order chi connectivity index (χ1) is 16.7. The summed E-state index contributed by atoms with van der Waals surface area (Å²) in [6.07, 6.45) is 0.555. The molecule has 0 spiro atoms. The molecule has 2 aromatic heterocycles. The van der Waals surface area contributed by atoms with Crippen molar-refractivity contribution in [2.24, 2.45) is 0 Å². The number of alkyl halides is 2. The van der Waals surface area contributed by atoms with Crippen molar-refractivity contribution in [1.29, 1.82) is 0 Å². The fourth-order valence-corrected chi connectivity index (χ4v) is 4.01. The molecule has 0 fully saturated rings. The first-order valence-corrected chi connectivity index (χ1v) is 10.7. The van der Waals surface area contributed by atoms with Crippen LogP contribution in [-0.2, 0) is 6.42 Å². The van der Waals surface area contributed by atoms with Crippen LogP contribution in [0.25, 0.3) is 5.69 Å². The monoisotopic (exact) mass is 486 g/mol. The molecule has 0 unspecified atom stereocenters. The lowest BCUT2D eigenvalue weighted by Gasteiger charge is -2.19. The Morgan fingerprint density at radius 3 is 2.31 bits per heavy atom. The first-order valence-electron chi connectivity index (χ1n) is 10.7. The lowest BCUT2D eigenvalue weighted by Crippen LogP contribution is -2.33. The van der Waals surface area contributed by atoms with Crippen LogP contribution in [0, 0.1) is 25.5 Å². The van der Waals surface area contributed by atoms with E-state index in [-0.39, 0.29) is 17.5 Å². The Balaban J connectivity index is 1.76. The Labute approximate surface area is 198 Å². The molecule has 2 heterocycles. The van der Waals surface area contributed by atoms with Crippen LogP contribution >= 0.6 is 0 Å². The van der Waals surface area contributed by atoms with Crippen LogP contribution in [-0.4, -0.2) is 31.0 Å². The summed E-state index contributed by atoms with van der Waals surface area (Å²) in [6, 6.07) is 7.60. The summed E-state index contributed by atoms with van der Waals surface area (Å²) in [6.45, 7) is 2.97. The van der Waals surface area contributed by atoms with E-state index in [9.17, 15) is 27.5 Å². The van der Waals surface area contributed by atoms with Gasteiger partial charge in [0.1, 0.15) is 23.4 Å². The van der Waals surface area contributed by atoms with E-state index in [2.05, 4.69) is 10.1 Å². The van der Waals surface area contributed by atoms with E-state index in [0.717, 1.165) is 35.1 Å². The maximum Gasteiger partial charge on any atom is 0.282 e. The summed E-state index contributed by atoms with van der Waals surface area (Å²) >= 11 is 0. The van der Waals surface area contributed by atoms with Gasteiger partial charge in [-0.15, -0.1) is 0 Å².